The smallest absolute Gasteiger partial charge is 0.253 e. The normalized spacial score (nSPS) is 12.0. The van der Waals surface area contributed by atoms with Crippen LogP contribution in [0.4, 0.5) is 0 Å². The van der Waals surface area contributed by atoms with Crippen molar-refractivity contribution < 1.29 is 14.3 Å². The number of Topliss-reactive ketones (excluding diaryl/α,β-unsaturated/α-hetero) is 1. The van der Waals surface area contributed by atoms with E-state index in [4.69, 9.17) is 4.74 Å². The van der Waals surface area contributed by atoms with Crippen LogP contribution in [0.15, 0.2) is 24.3 Å². The molecule has 4 nitrogen and oxygen atoms in total. The highest BCUT2D eigenvalue weighted by molar-refractivity contribution is 9.09. The number of nitrogens with zero attached hydrogens (tertiary/aromatic N) is 1. The number of benzene rings is 1. The molecule has 1 atom stereocenters. The quantitative estimate of drug-likeness (QED) is 0.630. The Kier molecular flexibility index (Phi) is 4.84. The number of ketones is 1. The van der Waals surface area contributed by atoms with Crippen LogP contribution in [0.2, 0.25) is 0 Å². The van der Waals surface area contributed by atoms with E-state index in [0.717, 1.165) is 0 Å². The first-order valence-corrected chi connectivity index (χ1v) is 5.91. The summed E-state index contributed by atoms with van der Waals surface area (Å²) in [6.45, 7) is 0. The van der Waals surface area contributed by atoms with Crippen molar-refractivity contribution in [2.75, 3.05) is 21.2 Å². The molecule has 0 aliphatic heterocycles. The topological polar surface area (TPSA) is 46.6 Å². The zero-order chi connectivity index (χ0) is 13.0. The first-order chi connectivity index (χ1) is 7.97. The Morgan fingerprint density at radius 1 is 1.18 bits per heavy atom. The number of hydrogen-bond donors (Lipinski definition) is 0. The molecule has 0 fully saturated rings. The zero-order valence-electron chi connectivity index (χ0n) is 9.94. The van der Waals surface area contributed by atoms with Crippen LogP contribution in [-0.2, 0) is 4.74 Å². The highest BCUT2D eigenvalue weighted by Crippen LogP contribution is 2.12. The van der Waals surface area contributed by atoms with Gasteiger partial charge in [-0.25, -0.2) is 0 Å². The molecule has 1 aromatic carbocycles. The molecule has 0 saturated heterocycles. The monoisotopic (exact) mass is 299 g/mol. The lowest BCUT2D eigenvalue weighted by Crippen LogP contribution is -2.22. The molecule has 0 radical (unpaired) electrons. The number of alkyl halides is 1. The standard InChI is InChI=1S/C12H14BrNO3/c1-14(2)12(16)9-6-4-8(5-7-9)10(15)11(13)17-3/h4-7,11H,1-3H3. The third kappa shape index (κ3) is 3.38. The Bertz CT molecular complexity index is 414. The molecule has 0 bridgehead atoms. The Morgan fingerprint density at radius 2 is 1.65 bits per heavy atom. The summed E-state index contributed by atoms with van der Waals surface area (Å²) in [5, 5.41) is -0.655. The van der Waals surface area contributed by atoms with Crippen LogP contribution in [-0.4, -0.2) is 42.8 Å². The Morgan fingerprint density at radius 3 is 2.06 bits per heavy atom. The van der Waals surface area contributed by atoms with Crippen LogP contribution in [0.1, 0.15) is 20.7 Å². The van der Waals surface area contributed by atoms with Gasteiger partial charge in [0.15, 0.2) is 5.01 Å². The molecule has 0 aliphatic carbocycles. The van der Waals surface area contributed by atoms with Gasteiger partial charge in [0.25, 0.3) is 5.91 Å². The van der Waals surface area contributed by atoms with Gasteiger partial charge in [0.05, 0.1) is 0 Å². The van der Waals surface area contributed by atoms with Gasteiger partial charge in [0.2, 0.25) is 5.78 Å². The van der Waals surface area contributed by atoms with E-state index in [0.29, 0.717) is 11.1 Å². The fraction of sp³-hybridized carbons (Fsp3) is 0.333. The number of ether oxygens (including phenoxy) is 1. The van der Waals surface area contributed by atoms with E-state index in [-0.39, 0.29) is 11.7 Å². The van der Waals surface area contributed by atoms with Gasteiger partial charge in [-0.2, -0.15) is 0 Å². The van der Waals surface area contributed by atoms with Crippen molar-refractivity contribution in [2.45, 2.75) is 5.01 Å². The summed E-state index contributed by atoms with van der Waals surface area (Å²) in [4.78, 5) is 24.8. The van der Waals surface area contributed by atoms with Crippen LogP contribution in [0.3, 0.4) is 0 Å². The van der Waals surface area contributed by atoms with Gasteiger partial charge in [-0.05, 0) is 28.1 Å². The Labute approximate surface area is 109 Å². The average molecular weight is 300 g/mol. The first kappa shape index (κ1) is 13.9. The summed E-state index contributed by atoms with van der Waals surface area (Å²) >= 11 is 3.10. The third-order valence-electron chi connectivity index (χ3n) is 2.24. The minimum Gasteiger partial charge on any atom is -0.362 e. The third-order valence-corrected chi connectivity index (χ3v) is 3.03. The van der Waals surface area contributed by atoms with Gasteiger partial charge in [-0.15, -0.1) is 0 Å². The van der Waals surface area contributed by atoms with E-state index in [1.54, 1.807) is 38.4 Å². The van der Waals surface area contributed by atoms with E-state index in [1.807, 2.05) is 0 Å². The predicted octanol–water partition coefficient (Wildman–Crippen LogP) is 1.94. The lowest BCUT2D eigenvalue weighted by Gasteiger charge is -2.11. The zero-order valence-corrected chi connectivity index (χ0v) is 11.5. The maximum atomic E-state index is 11.7. The van der Waals surface area contributed by atoms with Crippen molar-refractivity contribution in [2.24, 2.45) is 0 Å². The fourth-order valence-corrected chi connectivity index (χ4v) is 1.54. The number of carbonyl (C=O) groups excluding carboxylic acids is 2. The van der Waals surface area contributed by atoms with Crippen LogP contribution < -0.4 is 0 Å². The maximum Gasteiger partial charge on any atom is 0.253 e. The molecule has 1 amide bonds. The highest BCUT2D eigenvalue weighted by atomic mass is 79.9. The van der Waals surface area contributed by atoms with Crippen LogP contribution in [0.5, 0.6) is 0 Å². The van der Waals surface area contributed by atoms with Gasteiger partial charge in [0.1, 0.15) is 0 Å². The molecule has 0 heterocycles. The molecule has 0 aromatic heterocycles. The molecule has 1 aromatic rings. The lowest BCUT2D eigenvalue weighted by molar-refractivity contribution is 0.0801. The van der Waals surface area contributed by atoms with Crippen LogP contribution in [0.25, 0.3) is 0 Å². The highest BCUT2D eigenvalue weighted by Gasteiger charge is 2.16. The van der Waals surface area contributed by atoms with Crippen molar-refractivity contribution >= 4 is 27.6 Å². The Hall–Kier alpha value is -1.20. The molecule has 17 heavy (non-hydrogen) atoms. The van der Waals surface area contributed by atoms with E-state index in [1.165, 1.54) is 12.0 Å². The van der Waals surface area contributed by atoms with Crippen molar-refractivity contribution in [1.82, 2.24) is 4.90 Å². The summed E-state index contributed by atoms with van der Waals surface area (Å²) in [5.74, 6) is -0.262. The minimum atomic E-state index is -0.655. The van der Waals surface area contributed by atoms with E-state index in [9.17, 15) is 9.59 Å². The fourth-order valence-electron chi connectivity index (χ4n) is 1.27. The second kappa shape index (κ2) is 5.93. The number of halogens is 1. The molecule has 1 unspecified atom stereocenters. The number of rotatable bonds is 4. The van der Waals surface area contributed by atoms with Crippen molar-refractivity contribution in [1.29, 1.82) is 0 Å². The molecule has 0 aliphatic rings. The minimum absolute atomic E-state index is 0.0915. The largest absolute Gasteiger partial charge is 0.362 e. The number of hydrogen-bond acceptors (Lipinski definition) is 3. The molecular formula is C12H14BrNO3. The summed E-state index contributed by atoms with van der Waals surface area (Å²) in [6.07, 6.45) is 0. The molecule has 0 saturated carbocycles. The Balaban J connectivity index is 2.89. The molecule has 92 valence electrons. The summed E-state index contributed by atoms with van der Waals surface area (Å²) < 4.78 is 4.87. The van der Waals surface area contributed by atoms with Gasteiger partial charge in [-0.3, -0.25) is 9.59 Å². The molecule has 1 rings (SSSR count). The average Bonchev–Trinajstić information content (AvgIpc) is 2.36. The second-order valence-corrected chi connectivity index (χ2v) is 4.52. The van der Waals surface area contributed by atoms with Gasteiger partial charge in [0, 0.05) is 32.3 Å². The second-order valence-electron chi connectivity index (χ2n) is 3.69. The summed E-state index contributed by atoms with van der Waals surface area (Å²) in [5.41, 5.74) is 1.05. The van der Waals surface area contributed by atoms with E-state index >= 15 is 0 Å². The summed E-state index contributed by atoms with van der Waals surface area (Å²) in [6, 6.07) is 6.49. The van der Waals surface area contributed by atoms with Crippen LogP contribution in [0, 0.1) is 0 Å². The van der Waals surface area contributed by atoms with Gasteiger partial charge < -0.3 is 9.64 Å². The van der Waals surface area contributed by atoms with Crippen LogP contribution >= 0.6 is 15.9 Å². The molecule has 5 heteroatoms. The van der Waals surface area contributed by atoms with Crippen molar-refractivity contribution in [3.05, 3.63) is 35.4 Å². The maximum absolute atomic E-state index is 11.7. The first-order valence-electron chi connectivity index (χ1n) is 5.00. The predicted molar refractivity (Wildman–Crippen MR) is 68.5 cm³/mol. The SMILES string of the molecule is COC(Br)C(=O)c1ccc(C(=O)N(C)C)cc1. The lowest BCUT2D eigenvalue weighted by atomic mass is 10.1. The van der Waals surface area contributed by atoms with E-state index in [2.05, 4.69) is 15.9 Å². The van der Waals surface area contributed by atoms with E-state index < -0.39 is 5.01 Å². The number of carbonyl (C=O) groups is 2. The number of amides is 1. The summed E-state index contributed by atoms with van der Waals surface area (Å²) in [7, 11) is 4.81. The number of methoxy groups -OCH3 is 1. The van der Waals surface area contributed by atoms with Crippen molar-refractivity contribution in [3.8, 4) is 0 Å². The molecular weight excluding hydrogens is 286 g/mol. The molecule has 0 spiro atoms. The van der Waals surface area contributed by atoms with Gasteiger partial charge in [-0.1, -0.05) is 12.1 Å². The van der Waals surface area contributed by atoms with Gasteiger partial charge >= 0.3 is 0 Å². The molecule has 0 N–H and O–H groups in total. The van der Waals surface area contributed by atoms with Crippen molar-refractivity contribution in [3.63, 3.8) is 0 Å².